The number of halogens is 1. The molecule has 0 aromatic heterocycles. The van der Waals surface area contributed by atoms with E-state index in [4.69, 9.17) is 9.47 Å². The first kappa shape index (κ1) is 18.9. The maximum Gasteiger partial charge on any atom is 0.307 e. The molecule has 0 saturated heterocycles. The quantitative estimate of drug-likeness (QED) is 0.708. The average molecular weight is 433 g/mol. The minimum absolute atomic E-state index is 0.00136. The number of amides is 2. The van der Waals surface area contributed by atoms with E-state index >= 15 is 0 Å². The van der Waals surface area contributed by atoms with Gasteiger partial charge in [0.1, 0.15) is 5.75 Å². The molecule has 0 spiro atoms. The van der Waals surface area contributed by atoms with Gasteiger partial charge < -0.3 is 20.1 Å². The van der Waals surface area contributed by atoms with Crippen LogP contribution in [0.1, 0.15) is 28.4 Å². The van der Waals surface area contributed by atoms with Gasteiger partial charge in [0.25, 0.3) is 11.8 Å². The number of methoxy groups -OCH3 is 1. The van der Waals surface area contributed by atoms with Gasteiger partial charge in [-0.15, -0.1) is 0 Å². The summed E-state index contributed by atoms with van der Waals surface area (Å²) in [6.07, 6.45) is 0.00136. The normalized spacial score (nSPS) is 13.6. The topological polar surface area (TPSA) is 93.7 Å². The number of benzene rings is 2. The number of esters is 1. The van der Waals surface area contributed by atoms with Crippen molar-refractivity contribution in [3.63, 3.8) is 0 Å². The smallest absolute Gasteiger partial charge is 0.307 e. The highest BCUT2D eigenvalue weighted by atomic mass is 79.9. The van der Waals surface area contributed by atoms with Gasteiger partial charge >= 0.3 is 5.97 Å². The number of anilines is 1. The van der Waals surface area contributed by atoms with Gasteiger partial charge in [0, 0.05) is 10.0 Å². The van der Waals surface area contributed by atoms with Gasteiger partial charge in [-0.2, -0.15) is 0 Å². The second-order valence-electron chi connectivity index (χ2n) is 5.91. The van der Waals surface area contributed by atoms with Crippen LogP contribution in [0.15, 0.2) is 46.9 Å². The first-order valence-electron chi connectivity index (χ1n) is 8.16. The van der Waals surface area contributed by atoms with Crippen LogP contribution >= 0.6 is 15.9 Å². The van der Waals surface area contributed by atoms with E-state index in [-0.39, 0.29) is 24.8 Å². The third-order valence-electron chi connectivity index (χ3n) is 4.05. The maximum absolute atomic E-state index is 12.7. The van der Waals surface area contributed by atoms with E-state index < -0.39 is 12.0 Å². The highest BCUT2D eigenvalue weighted by Gasteiger charge is 2.22. The fourth-order valence-electron chi connectivity index (χ4n) is 2.65. The minimum Gasteiger partial charge on any atom is -0.482 e. The Morgan fingerprint density at radius 2 is 2.00 bits per heavy atom. The van der Waals surface area contributed by atoms with Crippen molar-refractivity contribution in [2.24, 2.45) is 0 Å². The summed E-state index contributed by atoms with van der Waals surface area (Å²) in [7, 11) is 1.30. The van der Waals surface area contributed by atoms with Gasteiger partial charge in [0.15, 0.2) is 6.61 Å². The molecule has 0 aliphatic carbocycles. The number of fused-ring (bicyclic) bond motifs is 1. The van der Waals surface area contributed by atoms with Gasteiger partial charge in [-0.3, -0.25) is 14.4 Å². The number of hydrogen-bond donors (Lipinski definition) is 2. The molecule has 1 unspecified atom stereocenters. The molecule has 8 heteroatoms. The molecule has 2 aromatic carbocycles. The maximum atomic E-state index is 12.7. The molecule has 27 heavy (non-hydrogen) atoms. The summed E-state index contributed by atoms with van der Waals surface area (Å²) in [6.45, 7) is -0.0953. The zero-order valence-corrected chi connectivity index (χ0v) is 16.0. The molecule has 140 valence electrons. The molecule has 3 rings (SSSR count). The predicted molar refractivity (Wildman–Crippen MR) is 102 cm³/mol. The summed E-state index contributed by atoms with van der Waals surface area (Å²) < 4.78 is 11.0. The summed E-state index contributed by atoms with van der Waals surface area (Å²) in [5, 5.41) is 5.52. The molecule has 2 N–H and O–H groups in total. The van der Waals surface area contributed by atoms with Gasteiger partial charge in [-0.05, 0) is 35.9 Å². The lowest BCUT2D eigenvalue weighted by atomic mass is 10.0. The van der Waals surface area contributed by atoms with E-state index in [0.29, 0.717) is 17.0 Å². The zero-order chi connectivity index (χ0) is 19.4. The molecule has 7 nitrogen and oxygen atoms in total. The van der Waals surface area contributed by atoms with Crippen LogP contribution in [0, 0.1) is 0 Å². The molecular formula is C19H17BrN2O5. The van der Waals surface area contributed by atoms with Crippen LogP contribution in [-0.4, -0.2) is 31.5 Å². The van der Waals surface area contributed by atoms with Gasteiger partial charge in [-0.25, -0.2) is 0 Å². The van der Waals surface area contributed by atoms with Crippen LogP contribution in [0.4, 0.5) is 5.69 Å². The van der Waals surface area contributed by atoms with Crippen LogP contribution in [0.3, 0.4) is 0 Å². The number of ether oxygens (including phenoxy) is 2. The summed E-state index contributed by atoms with van der Waals surface area (Å²) in [4.78, 5) is 35.8. The number of rotatable bonds is 5. The van der Waals surface area contributed by atoms with Crippen molar-refractivity contribution in [2.45, 2.75) is 12.5 Å². The van der Waals surface area contributed by atoms with E-state index in [1.54, 1.807) is 18.2 Å². The second kappa shape index (κ2) is 8.22. The Morgan fingerprint density at radius 1 is 1.26 bits per heavy atom. The van der Waals surface area contributed by atoms with Crippen molar-refractivity contribution < 1.29 is 23.9 Å². The number of nitrogens with one attached hydrogen (secondary N) is 2. The summed E-state index contributed by atoms with van der Waals surface area (Å²) in [5.41, 5.74) is 1.65. The van der Waals surface area contributed by atoms with Crippen LogP contribution in [-0.2, 0) is 14.3 Å². The van der Waals surface area contributed by atoms with Crippen molar-refractivity contribution in [1.82, 2.24) is 5.32 Å². The van der Waals surface area contributed by atoms with Crippen molar-refractivity contribution in [3.05, 3.63) is 58.1 Å². The van der Waals surface area contributed by atoms with E-state index in [1.807, 2.05) is 24.3 Å². The van der Waals surface area contributed by atoms with Crippen LogP contribution in [0.25, 0.3) is 0 Å². The molecule has 0 saturated carbocycles. The van der Waals surface area contributed by atoms with Crippen molar-refractivity contribution >= 4 is 39.4 Å². The Labute approximate surface area is 164 Å². The SMILES string of the molecule is COC(=O)CC(NC(=O)c1ccc2c(c1)OCC(=O)N2)c1ccc(Br)cc1. The Balaban J connectivity index is 1.80. The number of hydrogen-bond acceptors (Lipinski definition) is 5. The third-order valence-corrected chi connectivity index (χ3v) is 4.58. The summed E-state index contributed by atoms with van der Waals surface area (Å²) in [5.74, 6) is -0.613. The summed E-state index contributed by atoms with van der Waals surface area (Å²) in [6, 6.07) is 11.5. The molecule has 2 aromatic rings. The Hall–Kier alpha value is -2.87. The van der Waals surface area contributed by atoms with E-state index in [1.165, 1.54) is 7.11 Å². The zero-order valence-electron chi connectivity index (χ0n) is 14.5. The van der Waals surface area contributed by atoms with Crippen LogP contribution in [0.5, 0.6) is 5.75 Å². The van der Waals surface area contributed by atoms with Crippen LogP contribution < -0.4 is 15.4 Å². The Kier molecular flexibility index (Phi) is 5.75. The molecule has 1 aliphatic heterocycles. The predicted octanol–water partition coefficient (Wildman–Crippen LogP) is 2.81. The average Bonchev–Trinajstić information content (AvgIpc) is 2.67. The lowest BCUT2D eigenvalue weighted by molar-refractivity contribution is -0.141. The monoisotopic (exact) mass is 432 g/mol. The first-order valence-corrected chi connectivity index (χ1v) is 8.95. The van der Waals surface area contributed by atoms with E-state index in [9.17, 15) is 14.4 Å². The molecule has 0 radical (unpaired) electrons. The Morgan fingerprint density at radius 3 is 2.70 bits per heavy atom. The molecule has 1 atom stereocenters. The van der Waals surface area contributed by atoms with Gasteiger partial charge in [-0.1, -0.05) is 28.1 Å². The van der Waals surface area contributed by atoms with E-state index in [0.717, 1.165) is 10.0 Å². The van der Waals surface area contributed by atoms with Gasteiger partial charge in [0.2, 0.25) is 0 Å². The van der Waals surface area contributed by atoms with E-state index in [2.05, 4.69) is 26.6 Å². The molecule has 1 heterocycles. The van der Waals surface area contributed by atoms with Crippen molar-refractivity contribution in [3.8, 4) is 5.75 Å². The lowest BCUT2D eigenvalue weighted by Gasteiger charge is -2.20. The number of carbonyl (C=O) groups is 3. The molecule has 1 aliphatic rings. The first-order chi connectivity index (χ1) is 13.0. The molecular weight excluding hydrogens is 416 g/mol. The lowest BCUT2D eigenvalue weighted by Crippen LogP contribution is -2.31. The second-order valence-corrected chi connectivity index (χ2v) is 6.82. The standard InChI is InChI=1S/C19H17BrN2O5/c1-26-18(24)9-15(11-2-5-13(20)6-3-11)22-19(25)12-4-7-14-16(8-12)27-10-17(23)21-14/h2-8,15H,9-10H2,1H3,(H,21,23)(H,22,25). The molecule has 2 amide bonds. The molecule has 0 fully saturated rings. The fourth-order valence-corrected chi connectivity index (χ4v) is 2.92. The summed E-state index contributed by atoms with van der Waals surface area (Å²) >= 11 is 3.36. The third kappa shape index (κ3) is 4.65. The van der Waals surface area contributed by atoms with Crippen molar-refractivity contribution in [2.75, 3.05) is 19.0 Å². The van der Waals surface area contributed by atoms with Crippen LogP contribution in [0.2, 0.25) is 0 Å². The van der Waals surface area contributed by atoms with Crippen molar-refractivity contribution in [1.29, 1.82) is 0 Å². The number of carbonyl (C=O) groups excluding carboxylic acids is 3. The fraction of sp³-hybridized carbons (Fsp3) is 0.211. The highest BCUT2D eigenvalue weighted by molar-refractivity contribution is 9.10. The minimum atomic E-state index is -0.547. The Bertz CT molecular complexity index is 882. The largest absolute Gasteiger partial charge is 0.482 e. The highest BCUT2D eigenvalue weighted by Crippen LogP contribution is 2.29. The van der Waals surface area contributed by atoms with Gasteiger partial charge in [0.05, 0.1) is 25.3 Å². The molecule has 0 bridgehead atoms.